The number of urea groups is 1. The van der Waals surface area contributed by atoms with Gasteiger partial charge in [-0.15, -0.1) is 0 Å². The number of nitrogens with zero attached hydrogens (tertiary/aromatic N) is 1. The average Bonchev–Trinajstić information content (AvgIpc) is 3.00. The van der Waals surface area contributed by atoms with Crippen LogP contribution in [0, 0.1) is 5.92 Å². The normalized spacial score (nSPS) is 22.7. The van der Waals surface area contributed by atoms with Gasteiger partial charge in [-0.05, 0) is 29.9 Å². The topological polar surface area (TPSA) is 78.5 Å². The number of carbonyl (C=O) groups excluding carboxylic acids is 3. The monoisotopic (exact) mass is 315 g/mol. The van der Waals surface area contributed by atoms with E-state index in [0.29, 0.717) is 18.9 Å². The van der Waals surface area contributed by atoms with Crippen molar-refractivity contribution in [2.45, 2.75) is 32.2 Å². The van der Waals surface area contributed by atoms with E-state index in [1.165, 1.54) is 0 Å². The molecule has 2 aliphatic rings. The molecule has 1 aliphatic carbocycles. The molecule has 6 nitrogen and oxygen atoms in total. The standard InChI is InChI=1S/C17H21N3O3/c1-11(2)9-18-14(21)10-20-15(22)17(19-16(20)23)8-7-12-5-3-4-6-13(12)17/h3-6,11H,7-10H2,1-2H3,(H,18,21)(H,19,23)/t17-/m1/s1. The zero-order valence-corrected chi connectivity index (χ0v) is 13.4. The number of imide groups is 1. The van der Waals surface area contributed by atoms with E-state index in [9.17, 15) is 14.4 Å². The zero-order valence-electron chi connectivity index (χ0n) is 13.4. The van der Waals surface area contributed by atoms with Crippen molar-refractivity contribution in [1.29, 1.82) is 0 Å². The van der Waals surface area contributed by atoms with Crippen LogP contribution < -0.4 is 10.6 Å². The molecule has 1 aliphatic heterocycles. The summed E-state index contributed by atoms with van der Waals surface area (Å²) >= 11 is 0. The van der Waals surface area contributed by atoms with Crippen molar-refractivity contribution < 1.29 is 14.4 Å². The second-order valence-electron chi connectivity index (χ2n) is 6.58. The van der Waals surface area contributed by atoms with Crippen molar-refractivity contribution >= 4 is 17.8 Å². The van der Waals surface area contributed by atoms with Gasteiger partial charge in [0.25, 0.3) is 5.91 Å². The highest BCUT2D eigenvalue weighted by Gasteiger charge is 2.55. The van der Waals surface area contributed by atoms with Crippen LogP contribution in [-0.4, -0.2) is 35.8 Å². The molecular formula is C17H21N3O3. The predicted octanol–water partition coefficient (Wildman–Crippen LogP) is 1.15. The zero-order chi connectivity index (χ0) is 16.6. The van der Waals surface area contributed by atoms with E-state index in [1.807, 2.05) is 38.1 Å². The van der Waals surface area contributed by atoms with Crippen LogP contribution in [0.15, 0.2) is 24.3 Å². The second kappa shape index (κ2) is 5.68. The van der Waals surface area contributed by atoms with E-state index >= 15 is 0 Å². The van der Waals surface area contributed by atoms with Gasteiger partial charge in [-0.25, -0.2) is 4.79 Å². The van der Waals surface area contributed by atoms with E-state index in [-0.39, 0.29) is 18.4 Å². The van der Waals surface area contributed by atoms with E-state index in [0.717, 1.165) is 22.4 Å². The van der Waals surface area contributed by atoms with E-state index < -0.39 is 11.6 Å². The van der Waals surface area contributed by atoms with E-state index in [1.54, 1.807) is 0 Å². The molecule has 0 bridgehead atoms. The summed E-state index contributed by atoms with van der Waals surface area (Å²) in [6.07, 6.45) is 1.29. The Morgan fingerprint density at radius 1 is 1.35 bits per heavy atom. The van der Waals surface area contributed by atoms with Gasteiger partial charge in [0.2, 0.25) is 5.91 Å². The maximum absolute atomic E-state index is 12.8. The molecule has 1 fully saturated rings. The minimum absolute atomic E-state index is 0.235. The highest BCUT2D eigenvalue weighted by Crippen LogP contribution is 2.41. The molecule has 2 N–H and O–H groups in total. The third-order valence-corrected chi connectivity index (χ3v) is 4.43. The first-order valence-electron chi connectivity index (χ1n) is 7.93. The molecule has 4 amide bonds. The SMILES string of the molecule is CC(C)CNC(=O)CN1C(=O)N[C@@]2(CCc3ccccc32)C1=O. The van der Waals surface area contributed by atoms with Crippen LogP contribution in [-0.2, 0) is 21.5 Å². The van der Waals surface area contributed by atoms with Crippen molar-refractivity contribution in [1.82, 2.24) is 15.5 Å². The highest BCUT2D eigenvalue weighted by molar-refractivity contribution is 6.09. The van der Waals surface area contributed by atoms with E-state index in [4.69, 9.17) is 0 Å². The molecule has 1 saturated heterocycles. The third-order valence-electron chi connectivity index (χ3n) is 4.43. The van der Waals surface area contributed by atoms with Crippen LogP contribution in [0.2, 0.25) is 0 Å². The summed E-state index contributed by atoms with van der Waals surface area (Å²) in [5.74, 6) is -0.326. The fourth-order valence-corrected chi connectivity index (χ4v) is 3.25. The number of fused-ring (bicyclic) bond motifs is 2. The quantitative estimate of drug-likeness (QED) is 0.818. The summed E-state index contributed by atoms with van der Waals surface area (Å²) in [4.78, 5) is 38.1. The fraction of sp³-hybridized carbons (Fsp3) is 0.471. The average molecular weight is 315 g/mol. The summed E-state index contributed by atoms with van der Waals surface area (Å²) in [6.45, 7) is 4.26. The number of benzene rings is 1. The minimum atomic E-state index is -0.994. The molecule has 0 aromatic heterocycles. The molecule has 3 rings (SSSR count). The number of amides is 4. The molecule has 0 saturated carbocycles. The lowest BCUT2D eigenvalue weighted by atomic mass is 9.92. The van der Waals surface area contributed by atoms with Gasteiger partial charge >= 0.3 is 6.03 Å². The first kappa shape index (κ1) is 15.5. The summed E-state index contributed by atoms with van der Waals surface area (Å²) in [5.41, 5.74) is 0.933. The molecule has 1 aromatic carbocycles. The lowest BCUT2D eigenvalue weighted by molar-refractivity contribution is -0.135. The maximum Gasteiger partial charge on any atom is 0.325 e. The van der Waals surface area contributed by atoms with Gasteiger partial charge in [-0.1, -0.05) is 38.1 Å². The van der Waals surface area contributed by atoms with Gasteiger partial charge in [-0.3, -0.25) is 14.5 Å². The van der Waals surface area contributed by atoms with Crippen molar-refractivity contribution in [3.8, 4) is 0 Å². The van der Waals surface area contributed by atoms with Crippen LogP contribution in [0.5, 0.6) is 0 Å². The van der Waals surface area contributed by atoms with Crippen molar-refractivity contribution in [2.24, 2.45) is 5.92 Å². The Morgan fingerprint density at radius 3 is 2.83 bits per heavy atom. The molecule has 23 heavy (non-hydrogen) atoms. The van der Waals surface area contributed by atoms with Crippen molar-refractivity contribution in [3.05, 3.63) is 35.4 Å². The number of hydrogen-bond donors (Lipinski definition) is 2. The predicted molar refractivity (Wildman–Crippen MR) is 84.5 cm³/mol. The molecule has 6 heteroatoms. The maximum atomic E-state index is 12.8. The molecule has 0 unspecified atom stereocenters. The van der Waals surface area contributed by atoms with Gasteiger partial charge in [0.1, 0.15) is 12.1 Å². The molecule has 1 spiro atoms. The Hall–Kier alpha value is -2.37. The lowest BCUT2D eigenvalue weighted by Crippen LogP contribution is -2.44. The molecule has 0 radical (unpaired) electrons. The van der Waals surface area contributed by atoms with Crippen LogP contribution in [0.1, 0.15) is 31.4 Å². The van der Waals surface area contributed by atoms with Crippen LogP contribution >= 0.6 is 0 Å². The van der Waals surface area contributed by atoms with Gasteiger partial charge in [0.05, 0.1) is 0 Å². The smallest absolute Gasteiger partial charge is 0.325 e. The number of rotatable bonds is 4. The lowest BCUT2D eigenvalue weighted by Gasteiger charge is -2.22. The Kier molecular flexibility index (Phi) is 3.83. The molecule has 1 heterocycles. The Bertz CT molecular complexity index is 671. The van der Waals surface area contributed by atoms with Crippen molar-refractivity contribution in [3.63, 3.8) is 0 Å². The summed E-state index contributed by atoms with van der Waals surface area (Å²) < 4.78 is 0. The molecule has 1 atom stereocenters. The number of hydrogen-bond acceptors (Lipinski definition) is 3. The summed E-state index contributed by atoms with van der Waals surface area (Å²) in [6, 6.07) is 7.15. The first-order chi connectivity index (χ1) is 10.9. The van der Waals surface area contributed by atoms with Crippen LogP contribution in [0.3, 0.4) is 0 Å². The minimum Gasteiger partial charge on any atom is -0.354 e. The highest BCUT2D eigenvalue weighted by atomic mass is 16.2. The Morgan fingerprint density at radius 2 is 2.09 bits per heavy atom. The number of carbonyl (C=O) groups is 3. The Labute approximate surface area is 135 Å². The molecule has 122 valence electrons. The summed E-state index contributed by atoms with van der Waals surface area (Å²) in [5, 5.41) is 5.55. The molecule has 1 aromatic rings. The first-order valence-corrected chi connectivity index (χ1v) is 7.93. The van der Waals surface area contributed by atoms with Crippen LogP contribution in [0.25, 0.3) is 0 Å². The van der Waals surface area contributed by atoms with Gasteiger partial charge in [-0.2, -0.15) is 0 Å². The van der Waals surface area contributed by atoms with Gasteiger partial charge in [0, 0.05) is 6.54 Å². The summed E-state index contributed by atoms with van der Waals surface area (Å²) in [7, 11) is 0. The molecular weight excluding hydrogens is 294 g/mol. The number of aryl methyl sites for hydroxylation is 1. The van der Waals surface area contributed by atoms with Gasteiger partial charge in [0.15, 0.2) is 0 Å². The van der Waals surface area contributed by atoms with Crippen molar-refractivity contribution in [2.75, 3.05) is 13.1 Å². The second-order valence-corrected chi connectivity index (χ2v) is 6.58. The largest absolute Gasteiger partial charge is 0.354 e. The Balaban J connectivity index is 1.78. The van der Waals surface area contributed by atoms with Crippen LogP contribution in [0.4, 0.5) is 4.79 Å². The fourth-order valence-electron chi connectivity index (χ4n) is 3.25. The number of nitrogens with one attached hydrogen (secondary N) is 2. The third kappa shape index (κ3) is 2.58. The van der Waals surface area contributed by atoms with E-state index in [2.05, 4.69) is 10.6 Å². The van der Waals surface area contributed by atoms with Gasteiger partial charge < -0.3 is 10.6 Å².